The molecule has 1 aromatic rings. The highest BCUT2D eigenvalue weighted by molar-refractivity contribution is 5.54. The molecule has 0 unspecified atom stereocenters. The largest absolute Gasteiger partial charge is 0.371 e. The van der Waals surface area contributed by atoms with Crippen molar-refractivity contribution in [2.75, 3.05) is 18.0 Å². The molecule has 1 heteroatoms. The van der Waals surface area contributed by atoms with Crippen molar-refractivity contribution in [1.29, 1.82) is 0 Å². The van der Waals surface area contributed by atoms with Crippen LogP contribution in [0.1, 0.15) is 50.5 Å². The van der Waals surface area contributed by atoms with Crippen LogP contribution >= 0.6 is 0 Å². The lowest BCUT2D eigenvalue weighted by Gasteiger charge is -2.26. The van der Waals surface area contributed by atoms with Crippen LogP contribution in [-0.4, -0.2) is 13.1 Å². The Balaban J connectivity index is 1.68. The lowest BCUT2D eigenvalue weighted by atomic mass is 9.97. The van der Waals surface area contributed by atoms with Gasteiger partial charge < -0.3 is 4.90 Å². The minimum absolute atomic E-state index is 1.21. The Morgan fingerprint density at radius 2 is 1.84 bits per heavy atom. The van der Waals surface area contributed by atoms with E-state index in [0.717, 1.165) is 0 Å². The minimum atomic E-state index is 1.21. The summed E-state index contributed by atoms with van der Waals surface area (Å²) in [6.07, 6.45) is 13.2. The van der Waals surface area contributed by atoms with E-state index in [1.165, 1.54) is 70.1 Å². The topological polar surface area (TPSA) is 3.24 Å². The molecule has 0 amide bonds. The van der Waals surface area contributed by atoms with Crippen LogP contribution < -0.4 is 4.90 Å². The number of hydrogen-bond donors (Lipinski definition) is 0. The van der Waals surface area contributed by atoms with Gasteiger partial charge in [0.1, 0.15) is 0 Å². The first kappa shape index (κ1) is 12.8. The van der Waals surface area contributed by atoms with Crippen LogP contribution in [0.2, 0.25) is 0 Å². The normalized spacial score (nSPS) is 19.6. The Morgan fingerprint density at radius 3 is 2.74 bits per heavy atom. The molecule has 0 saturated heterocycles. The van der Waals surface area contributed by atoms with Crippen molar-refractivity contribution < 1.29 is 0 Å². The van der Waals surface area contributed by atoms with E-state index in [2.05, 4.69) is 35.2 Å². The summed E-state index contributed by atoms with van der Waals surface area (Å²) in [6, 6.07) is 9.01. The second kappa shape index (κ2) is 6.27. The van der Waals surface area contributed by atoms with Gasteiger partial charge in [-0.25, -0.2) is 0 Å². The van der Waals surface area contributed by atoms with Gasteiger partial charge in [0.25, 0.3) is 0 Å². The molecule has 1 aliphatic carbocycles. The van der Waals surface area contributed by atoms with Crippen molar-refractivity contribution >= 4 is 5.69 Å². The lowest BCUT2D eigenvalue weighted by Crippen LogP contribution is -2.25. The highest BCUT2D eigenvalue weighted by Gasteiger charge is 2.15. The summed E-state index contributed by atoms with van der Waals surface area (Å²) in [5, 5.41) is 0. The number of rotatable bonds is 3. The Bertz CT molecular complexity index is 447. The van der Waals surface area contributed by atoms with Crippen molar-refractivity contribution in [2.45, 2.75) is 51.4 Å². The molecule has 19 heavy (non-hydrogen) atoms. The first-order valence-electron chi connectivity index (χ1n) is 7.94. The third-order valence-electron chi connectivity index (χ3n) is 4.54. The molecule has 0 atom stereocenters. The Kier molecular flexibility index (Phi) is 4.22. The van der Waals surface area contributed by atoms with Gasteiger partial charge in [0.15, 0.2) is 0 Å². The number of anilines is 1. The Hall–Kier alpha value is -1.24. The van der Waals surface area contributed by atoms with Gasteiger partial charge in [-0.05, 0) is 63.0 Å². The van der Waals surface area contributed by atoms with E-state index in [4.69, 9.17) is 0 Å². The molecule has 0 saturated carbocycles. The van der Waals surface area contributed by atoms with E-state index in [-0.39, 0.29) is 0 Å². The van der Waals surface area contributed by atoms with Crippen molar-refractivity contribution in [3.63, 3.8) is 0 Å². The third kappa shape index (κ3) is 3.20. The number of allylic oxidation sites excluding steroid dienone is 1. The number of benzene rings is 1. The molecule has 3 rings (SSSR count). The minimum Gasteiger partial charge on any atom is -0.371 e. The first-order chi connectivity index (χ1) is 9.43. The summed E-state index contributed by atoms with van der Waals surface area (Å²) in [7, 11) is 0. The van der Waals surface area contributed by atoms with Gasteiger partial charge in [0.05, 0.1) is 0 Å². The maximum Gasteiger partial charge on any atom is 0.0398 e. The van der Waals surface area contributed by atoms with Crippen LogP contribution in [-0.2, 0) is 6.42 Å². The number of hydrogen-bond acceptors (Lipinski definition) is 1. The van der Waals surface area contributed by atoms with Gasteiger partial charge >= 0.3 is 0 Å². The molecule has 0 bridgehead atoms. The summed E-state index contributed by atoms with van der Waals surface area (Å²) < 4.78 is 0. The van der Waals surface area contributed by atoms with Crippen LogP contribution in [0.3, 0.4) is 0 Å². The summed E-state index contributed by atoms with van der Waals surface area (Å²) in [4.78, 5) is 2.62. The zero-order chi connectivity index (χ0) is 12.9. The molecule has 1 aliphatic heterocycles. The van der Waals surface area contributed by atoms with E-state index >= 15 is 0 Å². The molecular weight excluding hydrogens is 230 g/mol. The lowest BCUT2D eigenvalue weighted by molar-refractivity contribution is 0.655. The third-order valence-corrected chi connectivity index (χ3v) is 4.54. The van der Waals surface area contributed by atoms with E-state index in [0.29, 0.717) is 0 Å². The number of aryl methyl sites for hydroxylation is 1. The number of fused-ring (bicyclic) bond motifs is 1. The van der Waals surface area contributed by atoms with Crippen molar-refractivity contribution in [3.05, 3.63) is 41.5 Å². The fraction of sp³-hybridized carbons (Fsp3) is 0.556. The highest BCUT2D eigenvalue weighted by Crippen LogP contribution is 2.27. The molecular formula is C18H25N. The molecule has 0 N–H and O–H groups in total. The Morgan fingerprint density at radius 1 is 0.947 bits per heavy atom. The van der Waals surface area contributed by atoms with Crippen LogP contribution in [0.4, 0.5) is 5.69 Å². The SMILES string of the molecule is C1=C(CCN2CCCCc3ccccc32)CCCC1. The van der Waals surface area contributed by atoms with Crippen LogP contribution in [0.15, 0.2) is 35.9 Å². The van der Waals surface area contributed by atoms with Crippen LogP contribution in [0, 0.1) is 0 Å². The van der Waals surface area contributed by atoms with E-state index in [9.17, 15) is 0 Å². The number of nitrogens with zero attached hydrogens (tertiary/aromatic N) is 1. The molecule has 0 radical (unpaired) electrons. The second-order valence-electron chi connectivity index (χ2n) is 5.93. The van der Waals surface area contributed by atoms with E-state index in [1.807, 2.05) is 0 Å². The molecule has 0 aromatic heterocycles. The maximum absolute atomic E-state index is 2.62. The summed E-state index contributed by atoms with van der Waals surface area (Å²) in [5.41, 5.74) is 4.75. The molecule has 1 aromatic carbocycles. The highest BCUT2D eigenvalue weighted by atomic mass is 15.1. The van der Waals surface area contributed by atoms with Gasteiger partial charge in [-0.15, -0.1) is 0 Å². The average molecular weight is 255 g/mol. The Labute approximate surface area is 117 Å². The summed E-state index contributed by atoms with van der Waals surface area (Å²) >= 11 is 0. The number of para-hydroxylation sites is 1. The molecule has 102 valence electrons. The van der Waals surface area contributed by atoms with Gasteiger partial charge in [0.2, 0.25) is 0 Å². The van der Waals surface area contributed by atoms with Crippen LogP contribution in [0.25, 0.3) is 0 Å². The zero-order valence-corrected chi connectivity index (χ0v) is 11.9. The monoisotopic (exact) mass is 255 g/mol. The van der Waals surface area contributed by atoms with Gasteiger partial charge in [-0.3, -0.25) is 0 Å². The first-order valence-corrected chi connectivity index (χ1v) is 7.94. The standard InChI is InChI=1S/C18H25N/c1-2-8-16(9-3-1)13-15-19-14-7-6-11-17-10-4-5-12-18(17)19/h4-5,8,10,12H,1-3,6-7,9,11,13-15H2. The average Bonchev–Trinajstić information content (AvgIpc) is 2.68. The summed E-state index contributed by atoms with van der Waals surface area (Å²) in [5.74, 6) is 0. The fourth-order valence-corrected chi connectivity index (χ4v) is 3.41. The molecule has 2 aliphatic rings. The van der Waals surface area contributed by atoms with E-state index < -0.39 is 0 Å². The molecule has 1 nitrogen and oxygen atoms in total. The van der Waals surface area contributed by atoms with Crippen molar-refractivity contribution in [3.8, 4) is 0 Å². The molecule has 1 heterocycles. The zero-order valence-electron chi connectivity index (χ0n) is 11.9. The van der Waals surface area contributed by atoms with Gasteiger partial charge in [-0.1, -0.05) is 29.8 Å². The second-order valence-corrected chi connectivity index (χ2v) is 5.93. The van der Waals surface area contributed by atoms with Gasteiger partial charge in [-0.2, -0.15) is 0 Å². The van der Waals surface area contributed by atoms with E-state index in [1.54, 1.807) is 11.1 Å². The van der Waals surface area contributed by atoms with Gasteiger partial charge in [0, 0.05) is 18.8 Å². The smallest absolute Gasteiger partial charge is 0.0398 e. The van der Waals surface area contributed by atoms with Crippen LogP contribution in [0.5, 0.6) is 0 Å². The molecule has 0 fully saturated rings. The van der Waals surface area contributed by atoms with Crippen molar-refractivity contribution in [2.24, 2.45) is 0 Å². The maximum atomic E-state index is 2.62. The molecule has 0 spiro atoms. The summed E-state index contributed by atoms with van der Waals surface area (Å²) in [6.45, 7) is 2.45. The fourth-order valence-electron chi connectivity index (χ4n) is 3.41. The van der Waals surface area contributed by atoms with Crippen molar-refractivity contribution in [1.82, 2.24) is 0 Å². The predicted octanol–water partition coefficient (Wildman–Crippen LogP) is 4.72. The quantitative estimate of drug-likeness (QED) is 0.706. The predicted molar refractivity (Wildman–Crippen MR) is 82.8 cm³/mol.